The third kappa shape index (κ3) is 3.25. The Hall–Kier alpha value is -1.14. The van der Waals surface area contributed by atoms with E-state index in [2.05, 4.69) is 21.9 Å². The van der Waals surface area contributed by atoms with Crippen LogP contribution >= 0.6 is 0 Å². The molecule has 2 unspecified atom stereocenters. The molecule has 1 saturated carbocycles. The molecule has 2 N–H and O–H groups in total. The van der Waals surface area contributed by atoms with Crippen LogP contribution in [0.5, 0.6) is 0 Å². The summed E-state index contributed by atoms with van der Waals surface area (Å²) in [6, 6.07) is 1.66. The second kappa shape index (κ2) is 5.88. The van der Waals surface area contributed by atoms with Gasteiger partial charge in [0.15, 0.2) is 0 Å². The molecule has 0 saturated heterocycles. The second-order valence-corrected chi connectivity index (χ2v) is 6.88. The van der Waals surface area contributed by atoms with Gasteiger partial charge in [-0.1, -0.05) is 19.8 Å². The number of nitrogens with one attached hydrogen (secondary N) is 2. The smallest absolute Gasteiger partial charge is 0.244 e. The Morgan fingerprint density at radius 1 is 1.42 bits per heavy atom. The van der Waals surface area contributed by atoms with Crippen LogP contribution < -0.4 is 10.0 Å². The monoisotopic (exact) mass is 283 g/mol. The zero-order valence-corrected chi connectivity index (χ0v) is 12.2. The van der Waals surface area contributed by atoms with Crippen LogP contribution in [0, 0.1) is 11.8 Å². The number of pyridine rings is 1. The molecule has 0 amide bonds. The van der Waals surface area contributed by atoms with Gasteiger partial charge in [-0.15, -0.1) is 0 Å². The summed E-state index contributed by atoms with van der Waals surface area (Å²) in [6.07, 6.45) is 6.45. The van der Waals surface area contributed by atoms with Crippen LogP contribution in [-0.4, -0.2) is 27.0 Å². The molecule has 19 heavy (non-hydrogen) atoms. The van der Waals surface area contributed by atoms with Gasteiger partial charge in [0.1, 0.15) is 4.90 Å². The largest absolute Gasteiger partial charge is 0.387 e. The molecular weight excluding hydrogens is 262 g/mol. The van der Waals surface area contributed by atoms with Crippen LogP contribution in [0.25, 0.3) is 0 Å². The summed E-state index contributed by atoms with van der Waals surface area (Å²) in [6.45, 7) is 2.70. The first kappa shape index (κ1) is 14.3. The number of nitrogens with zero attached hydrogens (tertiary/aromatic N) is 1. The fraction of sp³-hybridized carbons (Fsp3) is 0.615. The lowest BCUT2D eigenvalue weighted by Gasteiger charge is -2.17. The lowest BCUT2D eigenvalue weighted by Crippen LogP contribution is -2.30. The third-order valence-electron chi connectivity index (χ3n) is 3.92. The molecule has 2 atom stereocenters. The van der Waals surface area contributed by atoms with Gasteiger partial charge in [0.2, 0.25) is 10.0 Å². The third-order valence-corrected chi connectivity index (χ3v) is 5.37. The minimum absolute atomic E-state index is 0.211. The fourth-order valence-corrected chi connectivity index (χ4v) is 3.87. The van der Waals surface area contributed by atoms with Crippen LogP contribution in [0.15, 0.2) is 23.4 Å². The molecule has 5 nitrogen and oxygen atoms in total. The van der Waals surface area contributed by atoms with Gasteiger partial charge in [0.05, 0.1) is 5.69 Å². The predicted octanol–water partition coefficient (Wildman–Crippen LogP) is 1.84. The van der Waals surface area contributed by atoms with E-state index in [-0.39, 0.29) is 4.90 Å². The maximum atomic E-state index is 12.3. The maximum Gasteiger partial charge on any atom is 0.244 e. The summed E-state index contributed by atoms with van der Waals surface area (Å²) in [5.74, 6) is 1.05. The van der Waals surface area contributed by atoms with Crippen molar-refractivity contribution in [1.82, 2.24) is 9.71 Å². The van der Waals surface area contributed by atoms with Crippen LogP contribution in [0.3, 0.4) is 0 Å². The molecular formula is C13H21N3O2S. The van der Waals surface area contributed by atoms with Gasteiger partial charge in [-0.25, -0.2) is 13.1 Å². The van der Waals surface area contributed by atoms with Crippen LogP contribution in [0.1, 0.15) is 26.2 Å². The van der Waals surface area contributed by atoms with Crippen molar-refractivity contribution in [3.8, 4) is 0 Å². The molecule has 106 valence electrons. The molecule has 1 fully saturated rings. The first-order chi connectivity index (χ1) is 9.04. The van der Waals surface area contributed by atoms with Gasteiger partial charge in [0, 0.05) is 26.0 Å². The van der Waals surface area contributed by atoms with Crippen molar-refractivity contribution < 1.29 is 8.42 Å². The van der Waals surface area contributed by atoms with E-state index >= 15 is 0 Å². The molecule has 0 aromatic carbocycles. The summed E-state index contributed by atoms with van der Waals surface area (Å²) in [7, 11) is -1.79. The van der Waals surface area contributed by atoms with E-state index in [1.54, 1.807) is 19.3 Å². The van der Waals surface area contributed by atoms with Gasteiger partial charge < -0.3 is 5.32 Å². The minimum atomic E-state index is -3.49. The first-order valence-electron chi connectivity index (χ1n) is 6.66. The van der Waals surface area contributed by atoms with Crippen molar-refractivity contribution >= 4 is 15.7 Å². The lowest BCUT2D eigenvalue weighted by atomic mass is 9.99. The van der Waals surface area contributed by atoms with Gasteiger partial charge in [-0.3, -0.25) is 4.98 Å². The molecule has 1 aromatic heterocycles. The molecule has 0 radical (unpaired) electrons. The van der Waals surface area contributed by atoms with Crippen LogP contribution in [-0.2, 0) is 10.0 Å². The maximum absolute atomic E-state index is 12.3. The molecule has 1 aliphatic rings. The standard InChI is InChI=1S/C13H21N3O2S/c1-10-4-3-5-11(10)8-16-19(17,18)13-9-15-7-6-12(13)14-2/h6-7,9-11,16H,3-5,8H2,1-2H3,(H,14,15). The van der Waals surface area contributed by atoms with Crippen molar-refractivity contribution in [3.05, 3.63) is 18.5 Å². The zero-order valence-electron chi connectivity index (χ0n) is 11.4. The second-order valence-electron chi connectivity index (χ2n) is 5.14. The van der Waals surface area contributed by atoms with Gasteiger partial charge >= 0.3 is 0 Å². The fourth-order valence-electron chi connectivity index (χ4n) is 2.62. The Balaban J connectivity index is 2.09. The normalized spacial score (nSPS) is 23.5. The summed E-state index contributed by atoms with van der Waals surface area (Å²) in [5.41, 5.74) is 0.571. The van der Waals surface area contributed by atoms with E-state index in [4.69, 9.17) is 0 Å². The van der Waals surface area contributed by atoms with E-state index in [9.17, 15) is 8.42 Å². The predicted molar refractivity (Wildman–Crippen MR) is 75.5 cm³/mol. The highest BCUT2D eigenvalue weighted by molar-refractivity contribution is 7.89. The summed E-state index contributed by atoms with van der Waals surface area (Å²) in [5, 5.41) is 2.88. The molecule has 1 aliphatic carbocycles. The molecule has 6 heteroatoms. The Kier molecular flexibility index (Phi) is 4.42. The van der Waals surface area contributed by atoms with Crippen molar-refractivity contribution in [2.75, 3.05) is 18.9 Å². The number of anilines is 1. The first-order valence-corrected chi connectivity index (χ1v) is 8.14. The summed E-state index contributed by atoms with van der Waals surface area (Å²) >= 11 is 0. The Bertz CT molecular complexity index is 530. The van der Waals surface area contributed by atoms with Crippen molar-refractivity contribution in [2.24, 2.45) is 11.8 Å². The molecule has 1 aromatic rings. The Labute approximate surface area is 114 Å². The van der Waals surface area contributed by atoms with Crippen LogP contribution in [0.2, 0.25) is 0 Å². The van der Waals surface area contributed by atoms with Gasteiger partial charge in [0.25, 0.3) is 0 Å². The lowest BCUT2D eigenvalue weighted by molar-refractivity contribution is 0.414. The molecule has 0 aliphatic heterocycles. The molecule has 1 heterocycles. The van der Waals surface area contributed by atoms with Crippen molar-refractivity contribution in [2.45, 2.75) is 31.1 Å². The quantitative estimate of drug-likeness (QED) is 0.865. The van der Waals surface area contributed by atoms with Crippen LogP contribution in [0.4, 0.5) is 5.69 Å². The average molecular weight is 283 g/mol. The number of hydrogen-bond acceptors (Lipinski definition) is 4. The molecule has 0 spiro atoms. The summed E-state index contributed by atoms with van der Waals surface area (Å²) in [4.78, 5) is 4.11. The van der Waals surface area contributed by atoms with E-state index in [1.165, 1.54) is 19.0 Å². The number of hydrogen-bond donors (Lipinski definition) is 2. The summed E-state index contributed by atoms with van der Waals surface area (Å²) < 4.78 is 27.3. The minimum Gasteiger partial charge on any atom is -0.387 e. The number of aromatic nitrogens is 1. The van der Waals surface area contributed by atoms with E-state index in [0.717, 1.165) is 6.42 Å². The molecule has 2 rings (SSSR count). The van der Waals surface area contributed by atoms with Gasteiger partial charge in [-0.2, -0.15) is 0 Å². The SMILES string of the molecule is CNc1ccncc1S(=O)(=O)NCC1CCCC1C. The number of sulfonamides is 1. The highest BCUT2D eigenvalue weighted by Gasteiger charge is 2.26. The number of rotatable bonds is 5. The highest BCUT2D eigenvalue weighted by atomic mass is 32.2. The van der Waals surface area contributed by atoms with Crippen molar-refractivity contribution in [3.63, 3.8) is 0 Å². The van der Waals surface area contributed by atoms with E-state index in [1.807, 2.05) is 0 Å². The van der Waals surface area contributed by atoms with E-state index in [0.29, 0.717) is 24.1 Å². The zero-order chi connectivity index (χ0) is 13.9. The molecule has 0 bridgehead atoms. The average Bonchev–Trinajstić information content (AvgIpc) is 2.82. The topological polar surface area (TPSA) is 71.1 Å². The Morgan fingerprint density at radius 3 is 2.84 bits per heavy atom. The van der Waals surface area contributed by atoms with Gasteiger partial charge in [-0.05, 0) is 24.3 Å². The highest BCUT2D eigenvalue weighted by Crippen LogP contribution is 2.31. The Morgan fingerprint density at radius 2 is 2.21 bits per heavy atom. The van der Waals surface area contributed by atoms with Crippen molar-refractivity contribution in [1.29, 1.82) is 0 Å². The van der Waals surface area contributed by atoms with E-state index < -0.39 is 10.0 Å².